The molecule has 0 aromatic heterocycles. The molecular weight excluding hydrogens is 1080 g/mol. The van der Waals surface area contributed by atoms with Gasteiger partial charge in [-0.1, -0.05) is 55.4 Å². The summed E-state index contributed by atoms with van der Waals surface area (Å²) in [6.45, 7) is 18.1. The Hall–Kier alpha value is -7.09. The lowest BCUT2D eigenvalue weighted by atomic mass is 10.0. The number of primary amides is 1. The average Bonchev–Trinajstić information content (AvgIpc) is 3.38. The fraction of sp³-hybridized carbons (Fsp3) is 0.745. The van der Waals surface area contributed by atoms with Crippen LogP contribution in [0.25, 0.3) is 0 Å². The van der Waals surface area contributed by atoms with Gasteiger partial charge in [0.1, 0.15) is 60.4 Å². The predicted molar refractivity (Wildman–Crippen MR) is 295 cm³/mol. The van der Waals surface area contributed by atoms with E-state index in [4.69, 9.17) is 17.2 Å². The lowest BCUT2D eigenvalue weighted by Gasteiger charge is -2.29. The lowest BCUT2D eigenvalue weighted by Crippen LogP contribution is -2.62. The zero-order valence-corrected chi connectivity index (χ0v) is 49.2. The first kappa shape index (κ1) is 74.9. The molecule has 0 aliphatic rings. The highest BCUT2D eigenvalue weighted by molar-refractivity contribution is 5.99. The second kappa shape index (κ2) is 36.4. The van der Waals surface area contributed by atoms with Gasteiger partial charge in [0.05, 0.1) is 30.9 Å². The molecule has 0 aliphatic heterocycles. The van der Waals surface area contributed by atoms with E-state index in [-0.39, 0.29) is 25.3 Å². The number of carbonyl (C=O) groups excluding carboxylic acids is 12. The first-order valence-corrected chi connectivity index (χ1v) is 27.2. The molecule has 31 nitrogen and oxygen atoms in total. The maximum absolute atomic E-state index is 13.8. The Bertz CT molecular complexity index is 2210. The highest BCUT2D eigenvalue weighted by Gasteiger charge is 2.37. The van der Waals surface area contributed by atoms with Gasteiger partial charge in [-0.15, -0.1) is 0 Å². The summed E-state index contributed by atoms with van der Waals surface area (Å²) in [5, 5.41) is 66.8. The molecule has 82 heavy (non-hydrogen) atoms. The van der Waals surface area contributed by atoms with E-state index >= 15 is 0 Å². The van der Waals surface area contributed by atoms with Crippen molar-refractivity contribution in [1.82, 2.24) is 58.5 Å². The summed E-state index contributed by atoms with van der Waals surface area (Å²) in [6, 6.07) is -15.8. The zero-order valence-electron chi connectivity index (χ0n) is 49.2. The van der Waals surface area contributed by atoms with Crippen molar-refractivity contribution in [3.63, 3.8) is 0 Å². The molecule has 0 radical (unpaired) electrons. The van der Waals surface area contributed by atoms with Crippen LogP contribution < -0.4 is 75.7 Å². The maximum atomic E-state index is 13.8. The minimum atomic E-state index is -1.71. The summed E-state index contributed by atoms with van der Waals surface area (Å²) in [6.07, 6.45) is -4.78. The number of rotatable bonds is 37. The Balaban J connectivity index is 6.10. The second-order valence-electron chi connectivity index (χ2n) is 21.6. The molecule has 0 saturated carbocycles. The number of hydrogen-bond acceptors (Lipinski definition) is 18. The number of nitrogens with one attached hydrogen (secondary N) is 11. The van der Waals surface area contributed by atoms with Crippen LogP contribution in [0.3, 0.4) is 0 Å². The van der Waals surface area contributed by atoms with Crippen molar-refractivity contribution in [3.8, 4) is 0 Å². The van der Waals surface area contributed by atoms with Crippen molar-refractivity contribution in [3.05, 3.63) is 0 Å². The van der Waals surface area contributed by atoms with Crippen LogP contribution >= 0.6 is 0 Å². The van der Waals surface area contributed by atoms with Crippen molar-refractivity contribution in [2.24, 2.45) is 40.9 Å². The van der Waals surface area contributed by atoms with E-state index in [0.717, 1.165) is 6.92 Å². The largest absolute Gasteiger partial charge is 0.480 e. The van der Waals surface area contributed by atoms with Crippen LogP contribution in [0.1, 0.15) is 122 Å². The fourth-order valence-electron chi connectivity index (χ4n) is 7.49. The van der Waals surface area contributed by atoms with Crippen LogP contribution in [0.15, 0.2) is 0 Å². The summed E-state index contributed by atoms with van der Waals surface area (Å²) in [5.74, 6) is -14.8. The standard InChI is InChI=1S/C51H92N14O17/c1-21(2)34(54)45(75)64-38(27(11)66)46(76)55-20-33(70)60-35(22(3)4)48(78)65-39(28(12)67)49(79)57-26(10)42(72)61-36(23(5)6)47(77)56-25(9)41(71)58-31(17-18-32(53)69)43(73)59-30(16-14-15-19-52)44(74)63-40(29(13)68)50(80)62-37(24(7)8)51(81)82/h21-31,34-40,66-68H,14-20,52,54H2,1-13H3,(H2,53,69)(H,55,76)(H,56,77)(H,57,79)(H,58,71)(H,59,73)(H,60,70)(H,61,72)(H,62,80)(H,63,74)(H,64,75)(H,65,78)(H,81,82)/t25-,26-,27+,28+,29+,30-,31-,34-,35-,36-,37-,38-,39-,40-/m0/s1. The first-order chi connectivity index (χ1) is 37.9. The van der Waals surface area contributed by atoms with Gasteiger partial charge in [-0.2, -0.15) is 0 Å². The van der Waals surface area contributed by atoms with Gasteiger partial charge in [0.2, 0.25) is 70.9 Å². The van der Waals surface area contributed by atoms with Gasteiger partial charge in [-0.3, -0.25) is 57.5 Å². The Kier molecular flexibility index (Phi) is 33.2. The van der Waals surface area contributed by atoms with Crippen molar-refractivity contribution in [2.75, 3.05) is 13.1 Å². The normalized spacial score (nSPS) is 16.5. The van der Waals surface area contributed by atoms with Gasteiger partial charge in [0.15, 0.2) is 0 Å². The Labute approximate surface area is 477 Å². The number of hydrogen-bond donors (Lipinski definition) is 18. The first-order valence-electron chi connectivity index (χ1n) is 27.2. The van der Waals surface area contributed by atoms with Gasteiger partial charge in [0.25, 0.3) is 0 Å². The predicted octanol–water partition coefficient (Wildman–Crippen LogP) is -6.44. The van der Waals surface area contributed by atoms with Crippen LogP contribution in [0, 0.1) is 23.7 Å². The van der Waals surface area contributed by atoms with E-state index in [1.807, 2.05) is 0 Å². The molecule has 12 amide bonds. The van der Waals surface area contributed by atoms with Gasteiger partial charge in [-0.05, 0) is 90.5 Å². The number of carboxylic acids is 1. The quantitative estimate of drug-likeness (QED) is 0.0257. The highest BCUT2D eigenvalue weighted by Crippen LogP contribution is 2.11. The molecule has 0 bridgehead atoms. The molecule has 0 aliphatic carbocycles. The minimum Gasteiger partial charge on any atom is -0.480 e. The number of nitrogens with two attached hydrogens (primary N) is 3. The smallest absolute Gasteiger partial charge is 0.326 e. The molecule has 0 saturated heterocycles. The number of carboxylic acid groups (broad SMARTS) is 1. The third-order valence-electron chi connectivity index (χ3n) is 12.8. The summed E-state index contributed by atoms with van der Waals surface area (Å²) in [5.41, 5.74) is 16.8. The number of carbonyl (C=O) groups is 13. The van der Waals surface area contributed by atoms with E-state index in [9.17, 15) is 82.8 Å². The topological polar surface area (TPSA) is 513 Å². The fourth-order valence-corrected chi connectivity index (χ4v) is 7.49. The monoisotopic (exact) mass is 1170 g/mol. The Morgan fingerprint density at radius 3 is 1.18 bits per heavy atom. The molecule has 21 N–H and O–H groups in total. The van der Waals surface area contributed by atoms with Crippen molar-refractivity contribution in [2.45, 2.75) is 207 Å². The van der Waals surface area contributed by atoms with Crippen LogP contribution in [-0.4, -0.2) is 195 Å². The Morgan fingerprint density at radius 1 is 0.390 bits per heavy atom. The van der Waals surface area contributed by atoms with Crippen LogP contribution in [0.5, 0.6) is 0 Å². The average molecular weight is 1170 g/mol. The van der Waals surface area contributed by atoms with Gasteiger partial charge in [-0.25, -0.2) is 4.79 Å². The van der Waals surface area contributed by atoms with E-state index in [1.165, 1.54) is 41.5 Å². The molecule has 0 heterocycles. The highest BCUT2D eigenvalue weighted by atomic mass is 16.4. The molecular formula is C51H92N14O17. The van der Waals surface area contributed by atoms with E-state index < -0.39 is 199 Å². The molecule has 0 aromatic carbocycles. The van der Waals surface area contributed by atoms with E-state index in [0.29, 0.717) is 6.42 Å². The number of aliphatic hydroxyl groups excluding tert-OH is 3. The van der Waals surface area contributed by atoms with Gasteiger partial charge in [0, 0.05) is 6.42 Å². The lowest BCUT2D eigenvalue weighted by molar-refractivity contribution is -0.144. The molecule has 0 spiro atoms. The number of amides is 12. The van der Waals surface area contributed by atoms with Crippen LogP contribution in [0.4, 0.5) is 0 Å². The van der Waals surface area contributed by atoms with Crippen molar-refractivity contribution >= 4 is 76.9 Å². The van der Waals surface area contributed by atoms with Crippen molar-refractivity contribution < 1.29 is 82.8 Å². The SMILES string of the molecule is CC(C)[C@H](N)C(=O)N[C@H](C(=O)NCC(=O)N[C@H](C(=O)N[C@H](C(=O)N[C@@H](C)C(=O)N[C@H](C(=O)N[C@@H](C)C(=O)N[C@@H](CCC(N)=O)C(=O)N[C@@H](CCCCN)C(=O)N[C@H](C(=O)N[C@H](C(=O)O)C(C)C)[C@@H](C)O)C(C)C)[C@@H](C)O)C(C)C)[C@@H](C)O. The zero-order chi connectivity index (χ0) is 63.6. The molecule has 0 unspecified atom stereocenters. The maximum Gasteiger partial charge on any atom is 0.326 e. The molecule has 14 atom stereocenters. The molecule has 0 fully saturated rings. The third kappa shape index (κ3) is 26.2. The molecule has 0 aromatic rings. The summed E-state index contributed by atoms with van der Waals surface area (Å²) < 4.78 is 0. The molecule has 468 valence electrons. The van der Waals surface area contributed by atoms with Gasteiger partial charge >= 0.3 is 5.97 Å². The third-order valence-corrected chi connectivity index (χ3v) is 12.8. The van der Waals surface area contributed by atoms with E-state index in [2.05, 4.69) is 58.5 Å². The van der Waals surface area contributed by atoms with Gasteiger partial charge < -0.3 is 96.1 Å². The molecule has 31 heteroatoms. The number of unbranched alkanes of at least 4 members (excludes halogenated alkanes) is 1. The molecule has 0 rings (SSSR count). The number of aliphatic carboxylic acids is 1. The van der Waals surface area contributed by atoms with Crippen LogP contribution in [0.2, 0.25) is 0 Å². The van der Waals surface area contributed by atoms with Crippen molar-refractivity contribution in [1.29, 1.82) is 0 Å². The summed E-state index contributed by atoms with van der Waals surface area (Å²) >= 11 is 0. The number of aliphatic hydroxyl groups is 3. The van der Waals surface area contributed by atoms with Crippen LogP contribution in [-0.2, 0) is 62.3 Å². The summed E-state index contributed by atoms with van der Waals surface area (Å²) in [4.78, 5) is 170. The van der Waals surface area contributed by atoms with E-state index in [1.54, 1.807) is 41.5 Å². The Morgan fingerprint density at radius 2 is 0.744 bits per heavy atom. The minimum absolute atomic E-state index is 0.0717. The summed E-state index contributed by atoms with van der Waals surface area (Å²) in [7, 11) is 0. The second-order valence-corrected chi connectivity index (χ2v) is 21.6.